The first kappa shape index (κ1) is 14.3. The molecule has 0 atom stereocenters. The fourth-order valence-corrected chi connectivity index (χ4v) is 1.40. The van der Waals surface area contributed by atoms with E-state index in [9.17, 15) is 0 Å². The Balaban J connectivity index is 1.85. The summed E-state index contributed by atoms with van der Waals surface area (Å²) >= 11 is 0. The zero-order valence-electron chi connectivity index (χ0n) is 11.0. The SMILES string of the molecule is CN=C(NCCCCOCCOC)NC1CC1. The molecule has 0 unspecified atom stereocenters. The molecule has 0 aromatic rings. The fourth-order valence-electron chi connectivity index (χ4n) is 1.40. The number of hydrogen-bond donors (Lipinski definition) is 2. The Labute approximate surface area is 104 Å². The van der Waals surface area contributed by atoms with Gasteiger partial charge in [0.25, 0.3) is 0 Å². The number of methoxy groups -OCH3 is 1. The van der Waals surface area contributed by atoms with Gasteiger partial charge in [-0.05, 0) is 25.7 Å². The van der Waals surface area contributed by atoms with E-state index < -0.39 is 0 Å². The van der Waals surface area contributed by atoms with E-state index in [0.717, 1.165) is 32.0 Å². The van der Waals surface area contributed by atoms with Crippen LogP contribution in [0.25, 0.3) is 0 Å². The molecule has 0 heterocycles. The minimum absolute atomic E-state index is 0.651. The zero-order chi connectivity index (χ0) is 12.3. The van der Waals surface area contributed by atoms with Crippen LogP contribution in [0.3, 0.4) is 0 Å². The van der Waals surface area contributed by atoms with Gasteiger partial charge in [-0.2, -0.15) is 0 Å². The van der Waals surface area contributed by atoms with Crippen molar-refractivity contribution < 1.29 is 9.47 Å². The first-order valence-electron chi connectivity index (χ1n) is 6.40. The monoisotopic (exact) mass is 243 g/mol. The lowest BCUT2D eigenvalue weighted by Gasteiger charge is -2.10. The second-order valence-corrected chi connectivity index (χ2v) is 4.23. The molecule has 100 valence electrons. The number of unbranched alkanes of at least 4 members (excludes halogenated alkanes) is 1. The van der Waals surface area contributed by atoms with Crippen molar-refractivity contribution in [2.24, 2.45) is 4.99 Å². The first-order chi connectivity index (χ1) is 8.36. The maximum absolute atomic E-state index is 5.38. The number of nitrogens with one attached hydrogen (secondary N) is 2. The van der Waals surface area contributed by atoms with Crippen molar-refractivity contribution in [2.75, 3.05) is 40.5 Å². The van der Waals surface area contributed by atoms with E-state index >= 15 is 0 Å². The topological polar surface area (TPSA) is 54.9 Å². The molecule has 1 saturated carbocycles. The number of rotatable bonds is 9. The van der Waals surface area contributed by atoms with Crippen LogP contribution in [0.1, 0.15) is 25.7 Å². The molecule has 2 N–H and O–H groups in total. The minimum atomic E-state index is 0.651. The highest BCUT2D eigenvalue weighted by atomic mass is 16.5. The molecule has 5 heteroatoms. The minimum Gasteiger partial charge on any atom is -0.382 e. The average Bonchev–Trinajstić information content (AvgIpc) is 3.15. The molecular weight excluding hydrogens is 218 g/mol. The molecule has 1 rings (SSSR count). The molecule has 5 nitrogen and oxygen atoms in total. The second kappa shape index (κ2) is 9.24. The van der Waals surface area contributed by atoms with E-state index in [1.807, 2.05) is 7.05 Å². The van der Waals surface area contributed by atoms with Gasteiger partial charge in [-0.15, -0.1) is 0 Å². The molecule has 1 aliphatic rings. The maximum Gasteiger partial charge on any atom is 0.191 e. The van der Waals surface area contributed by atoms with Crippen LogP contribution in [0.15, 0.2) is 4.99 Å². The van der Waals surface area contributed by atoms with E-state index in [1.165, 1.54) is 12.8 Å². The quantitative estimate of drug-likeness (QED) is 0.356. The molecule has 0 amide bonds. The van der Waals surface area contributed by atoms with Crippen LogP contribution >= 0.6 is 0 Å². The number of nitrogens with zero attached hydrogens (tertiary/aromatic N) is 1. The summed E-state index contributed by atoms with van der Waals surface area (Å²) in [6, 6.07) is 0.651. The smallest absolute Gasteiger partial charge is 0.191 e. The highest BCUT2D eigenvalue weighted by molar-refractivity contribution is 5.80. The second-order valence-electron chi connectivity index (χ2n) is 4.23. The Morgan fingerprint density at radius 3 is 2.71 bits per heavy atom. The molecule has 17 heavy (non-hydrogen) atoms. The maximum atomic E-state index is 5.38. The Hall–Kier alpha value is -0.810. The molecule has 0 aromatic carbocycles. The number of aliphatic imine (C=N–C) groups is 1. The third-order valence-corrected chi connectivity index (χ3v) is 2.58. The molecule has 1 fully saturated rings. The first-order valence-corrected chi connectivity index (χ1v) is 6.40. The van der Waals surface area contributed by atoms with Gasteiger partial charge in [-0.1, -0.05) is 0 Å². The van der Waals surface area contributed by atoms with Crippen molar-refractivity contribution in [3.63, 3.8) is 0 Å². The molecular formula is C12H25N3O2. The van der Waals surface area contributed by atoms with E-state index in [0.29, 0.717) is 19.3 Å². The highest BCUT2D eigenvalue weighted by Gasteiger charge is 2.21. The van der Waals surface area contributed by atoms with Crippen molar-refractivity contribution in [3.8, 4) is 0 Å². The lowest BCUT2D eigenvalue weighted by Crippen LogP contribution is -2.38. The van der Waals surface area contributed by atoms with Gasteiger partial charge in [0, 0.05) is 33.4 Å². The lowest BCUT2D eigenvalue weighted by molar-refractivity contribution is 0.0689. The normalized spacial score (nSPS) is 16.0. The van der Waals surface area contributed by atoms with E-state index in [1.54, 1.807) is 7.11 Å². The van der Waals surface area contributed by atoms with Gasteiger partial charge in [-0.25, -0.2) is 0 Å². The number of guanidine groups is 1. The highest BCUT2D eigenvalue weighted by Crippen LogP contribution is 2.18. The molecule has 0 bridgehead atoms. The van der Waals surface area contributed by atoms with Crippen LogP contribution in [-0.2, 0) is 9.47 Å². The Kier molecular flexibility index (Phi) is 7.75. The molecule has 0 radical (unpaired) electrons. The van der Waals surface area contributed by atoms with Crippen LogP contribution < -0.4 is 10.6 Å². The van der Waals surface area contributed by atoms with E-state index in [-0.39, 0.29) is 0 Å². The number of ether oxygens (including phenoxy) is 2. The largest absolute Gasteiger partial charge is 0.382 e. The molecule has 0 spiro atoms. The lowest BCUT2D eigenvalue weighted by atomic mass is 10.3. The Morgan fingerprint density at radius 1 is 1.24 bits per heavy atom. The average molecular weight is 243 g/mol. The third kappa shape index (κ3) is 7.99. The van der Waals surface area contributed by atoms with Gasteiger partial charge >= 0.3 is 0 Å². The van der Waals surface area contributed by atoms with Gasteiger partial charge in [0.05, 0.1) is 13.2 Å². The summed E-state index contributed by atoms with van der Waals surface area (Å²) in [7, 11) is 3.50. The van der Waals surface area contributed by atoms with Crippen molar-refractivity contribution in [1.29, 1.82) is 0 Å². The zero-order valence-corrected chi connectivity index (χ0v) is 11.0. The van der Waals surface area contributed by atoms with Crippen molar-refractivity contribution in [2.45, 2.75) is 31.7 Å². The summed E-state index contributed by atoms with van der Waals surface area (Å²) < 4.78 is 10.3. The van der Waals surface area contributed by atoms with Gasteiger partial charge in [0.15, 0.2) is 5.96 Å². The molecule has 0 aliphatic heterocycles. The van der Waals surface area contributed by atoms with Crippen LogP contribution in [0.2, 0.25) is 0 Å². The molecule has 0 aromatic heterocycles. The molecule has 0 saturated heterocycles. The summed E-state index contributed by atoms with van der Waals surface area (Å²) in [6.07, 6.45) is 4.71. The summed E-state index contributed by atoms with van der Waals surface area (Å²) in [5.74, 6) is 0.924. The van der Waals surface area contributed by atoms with Gasteiger partial charge in [0.1, 0.15) is 0 Å². The van der Waals surface area contributed by atoms with Crippen LogP contribution in [0.4, 0.5) is 0 Å². The predicted molar refractivity (Wildman–Crippen MR) is 69.4 cm³/mol. The Bertz CT molecular complexity index is 218. The standard InChI is InChI=1S/C12H25N3O2/c1-13-12(15-11-5-6-11)14-7-3-4-8-17-10-9-16-2/h11H,3-10H2,1-2H3,(H2,13,14,15). The fraction of sp³-hybridized carbons (Fsp3) is 0.917. The van der Waals surface area contributed by atoms with Crippen LogP contribution in [0.5, 0.6) is 0 Å². The third-order valence-electron chi connectivity index (χ3n) is 2.58. The van der Waals surface area contributed by atoms with Crippen molar-refractivity contribution >= 4 is 5.96 Å². The predicted octanol–water partition coefficient (Wildman–Crippen LogP) is 0.757. The number of hydrogen-bond acceptors (Lipinski definition) is 3. The van der Waals surface area contributed by atoms with E-state index in [2.05, 4.69) is 15.6 Å². The Morgan fingerprint density at radius 2 is 2.06 bits per heavy atom. The van der Waals surface area contributed by atoms with Crippen LogP contribution in [-0.4, -0.2) is 52.5 Å². The summed E-state index contributed by atoms with van der Waals surface area (Å²) in [4.78, 5) is 4.17. The van der Waals surface area contributed by atoms with Gasteiger partial charge in [0.2, 0.25) is 0 Å². The summed E-state index contributed by atoms with van der Waals surface area (Å²) in [6.45, 7) is 3.12. The van der Waals surface area contributed by atoms with Gasteiger partial charge < -0.3 is 20.1 Å². The van der Waals surface area contributed by atoms with Crippen LogP contribution in [0, 0.1) is 0 Å². The van der Waals surface area contributed by atoms with E-state index in [4.69, 9.17) is 9.47 Å². The summed E-state index contributed by atoms with van der Waals surface area (Å²) in [5.41, 5.74) is 0. The van der Waals surface area contributed by atoms with Crippen molar-refractivity contribution in [1.82, 2.24) is 10.6 Å². The molecule has 1 aliphatic carbocycles. The van der Waals surface area contributed by atoms with Gasteiger partial charge in [-0.3, -0.25) is 4.99 Å². The summed E-state index contributed by atoms with van der Waals surface area (Å²) in [5, 5.41) is 6.65. The van der Waals surface area contributed by atoms with Crippen molar-refractivity contribution in [3.05, 3.63) is 0 Å².